The molecule has 11 atom stereocenters. The van der Waals surface area contributed by atoms with E-state index >= 15 is 0 Å². The molecule has 4 saturated carbocycles. The van der Waals surface area contributed by atoms with Crippen LogP contribution in [0.15, 0.2) is 0 Å². The van der Waals surface area contributed by atoms with Gasteiger partial charge in [0.2, 0.25) is 0 Å². The molecule has 4 aliphatic rings. The average Bonchev–Trinajstić information content (AvgIpc) is 3.02. The van der Waals surface area contributed by atoms with Crippen LogP contribution in [0.4, 0.5) is 0 Å². The lowest BCUT2D eigenvalue weighted by Gasteiger charge is -2.62. The summed E-state index contributed by atoms with van der Waals surface area (Å²) >= 11 is 0. The molecule has 0 unspecified atom stereocenters. The van der Waals surface area contributed by atoms with E-state index in [9.17, 15) is 10.2 Å². The Balaban J connectivity index is 1.51. The number of rotatable bonds is 5. The standard InChI is InChI=1S/C28H50O2/c1-17(2)18(3)7-8-19(4)23-11-12-24-22-10-9-20-15-21(29)13-14-27(20,5)26(22)25(30)16-28(23,24)6/h17-26,29-30H,7-16H2,1-6H3/t18-,19+,20-,21-,22-,23+,24-,25-,26+,27-,28+/m0/s1. The van der Waals surface area contributed by atoms with Crippen molar-refractivity contribution in [2.24, 2.45) is 58.2 Å². The second-order valence-corrected chi connectivity index (χ2v) is 13.2. The first-order valence-electron chi connectivity index (χ1n) is 13.4. The zero-order chi connectivity index (χ0) is 21.8. The van der Waals surface area contributed by atoms with Gasteiger partial charge < -0.3 is 10.2 Å². The minimum absolute atomic E-state index is 0.101. The Hall–Kier alpha value is -0.0800. The number of aliphatic hydroxyl groups excluding tert-OH is 2. The summed E-state index contributed by atoms with van der Waals surface area (Å²) in [6.07, 6.45) is 11.9. The highest BCUT2D eigenvalue weighted by atomic mass is 16.3. The SMILES string of the molecule is CC(C)[C@@H](C)CC[C@@H](C)[C@H]1CC[C@H]2[C@@H]3CC[C@H]4C[C@@H](O)CC[C@]4(C)[C@H]3[C@@H](O)C[C@]12C. The monoisotopic (exact) mass is 418 g/mol. The van der Waals surface area contributed by atoms with Gasteiger partial charge >= 0.3 is 0 Å². The Bertz CT molecular complexity index is 601. The Morgan fingerprint density at radius 2 is 1.60 bits per heavy atom. The van der Waals surface area contributed by atoms with Crippen molar-refractivity contribution in [1.29, 1.82) is 0 Å². The maximum Gasteiger partial charge on any atom is 0.0581 e. The van der Waals surface area contributed by atoms with Gasteiger partial charge in [0, 0.05) is 0 Å². The van der Waals surface area contributed by atoms with Crippen LogP contribution < -0.4 is 0 Å². The van der Waals surface area contributed by atoms with Crippen molar-refractivity contribution in [2.75, 3.05) is 0 Å². The molecule has 0 radical (unpaired) electrons. The molecule has 0 spiro atoms. The highest BCUT2D eigenvalue weighted by Crippen LogP contribution is 2.68. The summed E-state index contributed by atoms with van der Waals surface area (Å²) in [5, 5.41) is 21.9. The van der Waals surface area contributed by atoms with Gasteiger partial charge in [-0.05, 0) is 110 Å². The minimum atomic E-state index is -0.137. The van der Waals surface area contributed by atoms with E-state index < -0.39 is 0 Å². The van der Waals surface area contributed by atoms with E-state index in [4.69, 9.17) is 0 Å². The molecule has 0 aromatic heterocycles. The third kappa shape index (κ3) is 3.70. The lowest BCUT2D eigenvalue weighted by atomic mass is 9.43. The van der Waals surface area contributed by atoms with Crippen molar-refractivity contribution in [3.05, 3.63) is 0 Å². The largest absolute Gasteiger partial charge is 0.393 e. The molecule has 2 N–H and O–H groups in total. The normalized spacial score (nSPS) is 50.5. The number of aliphatic hydroxyl groups is 2. The molecule has 0 aromatic rings. The van der Waals surface area contributed by atoms with E-state index in [2.05, 4.69) is 41.5 Å². The Morgan fingerprint density at radius 3 is 2.30 bits per heavy atom. The molecule has 0 aromatic carbocycles. The second kappa shape index (κ2) is 8.36. The van der Waals surface area contributed by atoms with Crippen LogP contribution in [0.3, 0.4) is 0 Å². The van der Waals surface area contributed by atoms with Crippen LogP contribution in [-0.2, 0) is 0 Å². The molecule has 4 fully saturated rings. The summed E-state index contributed by atoms with van der Waals surface area (Å²) < 4.78 is 0. The van der Waals surface area contributed by atoms with E-state index in [1.54, 1.807) is 0 Å². The molecule has 2 heteroatoms. The number of fused-ring (bicyclic) bond motifs is 5. The fourth-order valence-electron chi connectivity index (χ4n) is 9.39. The molecule has 0 bridgehead atoms. The van der Waals surface area contributed by atoms with Gasteiger partial charge in [0.15, 0.2) is 0 Å². The number of hydrogen-bond acceptors (Lipinski definition) is 2. The van der Waals surface area contributed by atoms with Gasteiger partial charge in [-0.15, -0.1) is 0 Å². The zero-order valence-corrected chi connectivity index (χ0v) is 20.7. The van der Waals surface area contributed by atoms with Crippen molar-refractivity contribution in [1.82, 2.24) is 0 Å². The van der Waals surface area contributed by atoms with E-state index in [0.29, 0.717) is 23.2 Å². The average molecular weight is 419 g/mol. The highest BCUT2D eigenvalue weighted by Gasteiger charge is 2.63. The quantitative estimate of drug-likeness (QED) is 0.522. The van der Waals surface area contributed by atoms with Crippen LogP contribution in [-0.4, -0.2) is 22.4 Å². The van der Waals surface area contributed by atoms with Crippen LogP contribution in [0.25, 0.3) is 0 Å². The topological polar surface area (TPSA) is 40.5 Å². The summed E-state index contributed by atoms with van der Waals surface area (Å²) in [4.78, 5) is 0. The molecule has 0 heterocycles. The van der Waals surface area contributed by atoms with Gasteiger partial charge in [0.1, 0.15) is 0 Å². The molecule has 0 aliphatic heterocycles. The van der Waals surface area contributed by atoms with E-state index in [-0.39, 0.29) is 17.6 Å². The third-order valence-electron chi connectivity index (χ3n) is 11.5. The van der Waals surface area contributed by atoms with Crippen LogP contribution >= 0.6 is 0 Å². The maximum absolute atomic E-state index is 11.6. The van der Waals surface area contributed by atoms with Crippen LogP contribution in [0.2, 0.25) is 0 Å². The van der Waals surface area contributed by atoms with Crippen molar-refractivity contribution in [3.8, 4) is 0 Å². The van der Waals surface area contributed by atoms with Gasteiger partial charge in [-0.25, -0.2) is 0 Å². The smallest absolute Gasteiger partial charge is 0.0581 e. The van der Waals surface area contributed by atoms with Crippen molar-refractivity contribution < 1.29 is 10.2 Å². The fraction of sp³-hybridized carbons (Fsp3) is 1.00. The lowest BCUT2D eigenvalue weighted by Crippen LogP contribution is -2.59. The summed E-state index contributed by atoms with van der Waals surface area (Å²) in [7, 11) is 0. The van der Waals surface area contributed by atoms with Crippen molar-refractivity contribution >= 4 is 0 Å². The van der Waals surface area contributed by atoms with E-state index in [0.717, 1.165) is 55.3 Å². The van der Waals surface area contributed by atoms with E-state index in [1.807, 2.05) is 0 Å². The van der Waals surface area contributed by atoms with Crippen LogP contribution in [0, 0.1) is 58.2 Å². The molecule has 4 aliphatic carbocycles. The highest BCUT2D eigenvalue weighted by molar-refractivity contribution is 5.12. The zero-order valence-electron chi connectivity index (χ0n) is 20.7. The first-order chi connectivity index (χ1) is 14.1. The van der Waals surface area contributed by atoms with Crippen LogP contribution in [0.1, 0.15) is 106 Å². The molecular formula is C28H50O2. The van der Waals surface area contributed by atoms with Gasteiger partial charge in [0.05, 0.1) is 12.2 Å². The minimum Gasteiger partial charge on any atom is -0.393 e. The molecule has 2 nitrogen and oxygen atoms in total. The van der Waals surface area contributed by atoms with E-state index in [1.165, 1.54) is 38.5 Å². The van der Waals surface area contributed by atoms with Crippen LogP contribution in [0.5, 0.6) is 0 Å². The maximum atomic E-state index is 11.6. The first-order valence-corrected chi connectivity index (χ1v) is 13.4. The molecule has 0 saturated heterocycles. The Labute approximate surface area is 186 Å². The molecule has 4 rings (SSSR count). The fourth-order valence-corrected chi connectivity index (χ4v) is 9.39. The van der Waals surface area contributed by atoms with Crippen molar-refractivity contribution in [3.63, 3.8) is 0 Å². The van der Waals surface area contributed by atoms with Gasteiger partial charge in [-0.2, -0.15) is 0 Å². The van der Waals surface area contributed by atoms with Crippen molar-refractivity contribution in [2.45, 2.75) is 118 Å². The molecule has 174 valence electrons. The summed E-state index contributed by atoms with van der Waals surface area (Å²) in [5.41, 5.74) is 0.581. The first kappa shape index (κ1) is 23.1. The summed E-state index contributed by atoms with van der Waals surface area (Å²) in [5.74, 6) is 5.78. The third-order valence-corrected chi connectivity index (χ3v) is 11.5. The Kier molecular flexibility index (Phi) is 6.44. The van der Waals surface area contributed by atoms with Gasteiger partial charge in [-0.1, -0.05) is 54.4 Å². The molecule has 0 amide bonds. The molecular weight excluding hydrogens is 368 g/mol. The molecule has 30 heavy (non-hydrogen) atoms. The number of hydrogen-bond donors (Lipinski definition) is 2. The Morgan fingerprint density at radius 1 is 0.867 bits per heavy atom. The summed E-state index contributed by atoms with van der Waals surface area (Å²) in [6, 6.07) is 0. The second-order valence-electron chi connectivity index (χ2n) is 13.2. The lowest BCUT2D eigenvalue weighted by molar-refractivity contribution is -0.179. The predicted molar refractivity (Wildman–Crippen MR) is 125 cm³/mol. The van der Waals surface area contributed by atoms with Gasteiger partial charge in [0.25, 0.3) is 0 Å². The van der Waals surface area contributed by atoms with Gasteiger partial charge in [-0.3, -0.25) is 0 Å². The summed E-state index contributed by atoms with van der Waals surface area (Å²) in [6.45, 7) is 14.7. The predicted octanol–water partition coefficient (Wildman–Crippen LogP) is 6.69.